The molecule has 2 aliphatic rings. The van der Waals surface area contributed by atoms with E-state index in [9.17, 15) is 14.7 Å². The lowest BCUT2D eigenvalue weighted by molar-refractivity contribution is -0.149. The van der Waals surface area contributed by atoms with Crippen molar-refractivity contribution in [1.82, 2.24) is 4.90 Å². The molecule has 0 atom stereocenters. The average molecular weight is 273 g/mol. The molecular weight excluding hydrogens is 254 g/mol. The minimum Gasteiger partial charge on any atom is -0.481 e. The number of carboxylic acids is 1. The minimum atomic E-state index is -0.748. The summed E-state index contributed by atoms with van der Waals surface area (Å²) in [6, 6.07) is 7.62. The maximum Gasteiger partial charge on any atom is 0.311 e. The molecule has 106 valence electrons. The van der Waals surface area contributed by atoms with Crippen molar-refractivity contribution < 1.29 is 14.7 Å². The third-order valence-corrected chi connectivity index (χ3v) is 4.69. The molecule has 0 aromatic heterocycles. The fraction of sp³-hybridized carbons (Fsp3) is 0.500. The number of hydrogen-bond acceptors (Lipinski definition) is 2. The molecule has 1 amide bonds. The highest BCUT2D eigenvalue weighted by Gasteiger charge is 2.44. The van der Waals surface area contributed by atoms with Crippen molar-refractivity contribution in [3.8, 4) is 0 Å². The molecule has 3 rings (SSSR count). The number of aliphatic carboxylic acids is 1. The van der Waals surface area contributed by atoms with E-state index in [2.05, 4.69) is 0 Å². The summed E-state index contributed by atoms with van der Waals surface area (Å²) in [6.07, 6.45) is 4.09. The van der Waals surface area contributed by atoms with Gasteiger partial charge >= 0.3 is 5.97 Å². The van der Waals surface area contributed by atoms with E-state index in [1.54, 1.807) is 4.90 Å². The quantitative estimate of drug-likeness (QED) is 0.919. The second-order valence-corrected chi connectivity index (χ2v) is 5.93. The second-order valence-electron chi connectivity index (χ2n) is 5.93. The van der Waals surface area contributed by atoms with Crippen LogP contribution in [0, 0.1) is 5.41 Å². The van der Waals surface area contributed by atoms with E-state index in [1.807, 2.05) is 24.3 Å². The number of carboxylic acid groups (broad SMARTS) is 1. The zero-order valence-electron chi connectivity index (χ0n) is 11.5. The largest absolute Gasteiger partial charge is 0.481 e. The molecule has 0 unspecified atom stereocenters. The third-order valence-electron chi connectivity index (χ3n) is 4.69. The molecule has 1 N–H and O–H groups in total. The van der Waals surface area contributed by atoms with E-state index in [-0.39, 0.29) is 5.91 Å². The number of amides is 1. The average Bonchev–Trinajstić information content (AvgIpc) is 2.92. The Morgan fingerprint density at radius 2 is 1.95 bits per heavy atom. The highest BCUT2D eigenvalue weighted by atomic mass is 16.4. The number of benzene rings is 1. The highest BCUT2D eigenvalue weighted by molar-refractivity contribution is 5.97. The van der Waals surface area contributed by atoms with E-state index >= 15 is 0 Å². The van der Waals surface area contributed by atoms with Crippen LogP contribution in [0.4, 0.5) is 0 Å². The lowest BCUT2D eigenvalue weighted by Crippen LogP contribution is -2.47. The van der Waals surface area contributed by atoms with Crippen LogP contribution >= 0.6 is 0 Å². The van der Waals surface area contributed by atoms with Gasteiger partial charge in [0.25, 0.3) is 5.91 Å². The molecule has 4 heteroatoms. The van der Waals surface area contributed by atoms with Gasteiger partial charge in [-0.3, -0.25) is 9.59 Å². The van der Waals surface area contributed by atoms with Gasteiger partial charge in [0.05, 0.1) is 5.41 Å². The van der Waals surface area contributed by atoms with Gasteiger partial charge in [0.2, 0.25) is 0 Å². The van der Waals surface area contributed by atoms with Crippen molar-refractivity contribution in [2.45, 2.75) is 32.1 Å². The molecule has 1 fully saturated rings. The maximum absolute atomic E-state index is 12.5. The molecule has 1 aromatic rings. The van der Waals surface area contributed by atoms with Crippen molar-refractivity contribution in [3.63, 3.8) is 0 Å². The van der Waals surface area contributed by atoms with Crippen LogP contribution in [0.5, 0.6) is 0 Å². The van der Waals surface area contributed by atoms with E-state index in [1.165, 1.54) is 0 Å². The Labute approximate surface area is 118 Å². The molecule has 1 aliphatic heterocycles. The van der Waals surface area contributed by atoms with Gasteiger partial charge in [-0.25, -0.2) is 0 Å². The van der Waals surface area contributed by atoms with Crippen LogP contribution in [0.1, 0.15) is 41.6 Å². The Morgan fingerprint density at radius 1 is 1.25 bits per heavy atom. The number of carbonyl (C=O) groups excluding carboxylic acids is 1. The summed E-state index contributed by atoms with van der Waals surface area (Å²) in [4.78, 5) is 25.9. The van der Waals surface area contributed by atoms with Crippen LogP contribution in [0.15, 0.2) is 24.3 Å². The van der Waals surface area contributed by atoms with Gasteiger partial charge < -0.3 is 10.0 Å². The number of hydrogen-bond donors (Lipinski definition) is 1. The van der Waals surface area contributed by atoms with Gasteiger partial charge in [-0.05, 0) is 30.9 Å². The van der Waals surface area contributed by atoms with Crippen LogP contribution in [0.25, 0.3) is 0 Å². The molecule has 1 aromatic carbocycles. The first-order valence-corrected chi connectivity index (χ1v) is 7.23. The first-order chi connectivity index (χ1) is 9.62. The van der Waals surface area contributed by atoms with Crippen molar-refractivity contribution in [3.05, 3.63) is 35.4 Å². The van der Waals surface area contributed by atoms with Gasteiger partial charge in [0, 0.05) is 18.7 Å². The normalized spacial score (nSPS) is 20.8. The molecule has 1 saturated carbocycles. The smallest absolute Gasteiger partial charge is 0.311 e. The maximum atomic E-state index is 12.5. The topological polar surface area (TPSA) is 57.6 Å². The van der Waals surface area contributed by atoms with Gasteiger partial charge in [0.15, 0.2) is 0 Å². The first kappa shape index (κ1) is 13.2. The summed E-state index contributed by atoms with van der Waals surface area (Å²) in [7, 11) is 0. The van der Waals surface area contributed by atoms with Gasteiger partial charge in [0.1, 0.15) is 0 Å². The molecular formula is C16H19NO3. The van der Waals surface area contributed by atoms with Crippen molar-refractivity contribution in [2.24, 2.45) is 5.41 Å². The van der Waals surface area contributed by atoms with E-state index in [0.29, 0.717) is 25.9 Å². The van der Waals surface area contributed by atoms with Gasteiger partial charge in [-0.2, -0.15) is 0 Å². The zero-order valence-corrected chi connectivity index (χ0v) is 11.5. The minimum absolute atomic E-state index is 0.0145. The van der Waals surface area contributed by atoms with Crippen molar-refractivity contribution in [1.29, 1.82) is 0 Å². The Morgan fingerprint density at radius 3 is 2.65 bits per heavy atom. The summed E-state index contributed by atoms with van der Waals surface area (Å²) in [5, 5.41) is 9.54. The monoisotopic (exact) mass is 273 g/mol. The number of nitrogens with zero attached hydrogens (tertiary/aromatic N) is 1. The van der Waals surface area contributed by atoms with Crippen LogP contribution < -0.4 is 0 Å². The molecule has 1 heterocycles. The summed E-state index contributed by atoms with van der Waals surface area (Å²) in [6.45, 7) is 0.986. The Bertz CT molecular complexity index is 546. The highest BCUT2D eigenvalue weighted by Crippen LogP contribution is 2.39. The standard InChI is InChI=1S/C16H19NO3/c18-14-13-6-2-1-5-12(13)7-10-17(14)11-16(15(19)20)8-3-4-9-16/h1-2,5-6H,3-4,7-11H2,(H,19,20). The third kappa shape index (κ3) is 2.09. The van der Waals surface area contributed by atoms with Crippen LogP contribution in [0.3, 0.4) is 0 Å². The molecule has 4 nitrogen and oxygen atoms in total. The second kappa shape index (κ2) is 4.93. The van der Waals surface area contributed by atoms with Crippen LogP contribution in [-0.2, 0) is 11.2 Å². The van der Waals surface area contributed by atoms with Gasteiger partial charge in [-0.15, -0.1) is 0 Å². The molecule has 1 aliphatic carbocycles. The summed E-state index contributed by atoms with van der Waals surface area (Å²) in [5.74, 6) is -0.763. The molecule has 0 radical (unpaired) electrons. The molecule has 0 bridgehead atoms. The lowest BCUT2D eigenvalue weighted by atomic mass is 9.84. The van der Waals surface area contributed by atoms with Crippen LogP contribution in [-0.4, -0.2) is 35.0 Å². The molecule has 0 saturated heterocycles. The predicted octanol–water partition coefficient (Wildman–Crippen LogP) is 2.33. The zero-order chi connectivity index (χ0) is 14.2. The first-order valence-electron chi connectivity index (χ1n) is 7.23. The SMILES string of the molecule is O=C1c2ccccc2CCN1CC1(C(=O)O)CCCC1. The predicted molar refractivity (Wildman–Crippen MR) is 74.6 cm³/mol. The Hall–Kier alpha value is -1.84. The van der Waals surface area contributed by atoms with Crippen molar-refractivity contribution >= 4 is 11.9 Å². The number of rotatable bonds is 3. The lowest BCUT2D eigenvalue weighted by Gasteiger charge is -2.35. The van der Waals surface area contributed by atoms with Gasteiger partial charge in [-0.1, -0.05) is 31.0 Å². The Balaban J connectivity index is 1.83. The van der Waals surface area contributed by atoms with Crippen molar-refractivity contribution in [2.75, 3.05) is 13.1 Å². The van der Waals surface area contributed by atoms with E-state index < -0.39 is 11.4 Å². The number of carbonyl (C=O) groups is 2. The van der Waals surface area contributed by atoms with E-state index in [0.717, 1.165) is 30.4 Å². The summed E-state index contributed by atoms with van der Waals surface area (Å²) >= 11 is 0. The fourth-order valence-corrected chi connectivity index (χ4v) is 3.48. The fourth-order valence-electron chi connectivity index (χ4n) is 3.48. The van der Waals surface area contributed by atoms with E-state index in [4.69, 9.17) is 0 Å². The van der Waals surface area contributed by atoms with Crippen LogP contribution in [0.2, 0.25) is 0 Å². The number of fused-ring (bicyclic) bond motifs is 1. The summed E-state index contributed by atoms with van der Waals surface area (Å²) in [5.41, 5.74) is 1.09. The Kier molecular flexibility index (Phi) is 3.24. The molecule has 20 heavy (non-hydrogen) atoms. The molecule has 0 spiro atoms. The summed E-state index contributed by atoms with van der Waals surface area (Å²) < 4.78 is 0.